The molecule has 0 aliphatic carbocycles. The van der Waals surface area contributed by atoms with Crippen LogP contribution in [0.2, 0.25) is 0 Å². The number of hydrogen-bond donors (Lipinski definition) is 0. The van der Waals surface area contributed by atoms with Gasteiger partial charge in [0.15, 0.2) is 9.84 Å². The predicted molar refractivity (Wildman–Crippen MR) is 50.5 cm³/mol. The summed E-state index contributed by atoms with van der Waals surface area (Å²) in [5, 5.41) is 0. The molecule has 0 aromatic carbocycles. The Bertz CT molecular complexity index is 281. The summed E-state index contributed by atoms with van der Waals surface area (Å²) in [7, 11) is -2.80. The maximum atomic E-state index is 11.1. The van der Waals surface area contributed by atoms with Crippen LogP contribution in [-0.2, 0) is 9.84 Å². The molecule has 0 radical (unpaired) electrons. The second kappa shape index (κ2) is 3.17. The van der Waals surface area contributed by atoms with Crippen molar-refractivity contribution in [1.82, 2.24) is 0 Å². The number of rotatable bonds is 2. The maximum Gasteiger partial charge on any atom is 0.152 e. The van der Waals surface area contributed by atoms with Crippen LogP contribution in [0.5, 0.6) is 0 Å². The number of nitrogens with zero attached hydrogens (tertiary/aromatic N) is 1. The molecule has 70 valence electrons. The third-order valence-corrected chi connectivity index (χ3v) is 3.96. The molecule has 0 amide bonds. The van der Waals surface area contributed by atoms with E-state index in [1.54, 1.807) is 6.21 Å². The monoisotopic (exact) mass is 189 g/mol. The molecule has 12 heavy (non-hydrogen) atoms. The fourth-order valence-corrected chi connectivity index (χ4v) is 3.47. The molecule has 1 aliphatic rings. The molecule has 1 atom stereocenters. The van der Waals surface area contributed by atoms with Gasteiger partial charge < -0.3 is 0 Å². The van der Waals surface area contributed by atoms with Crippen molar-refractivity contribution in [2.24, 2.45) is 4.99 Å². The Hall–Kier alpha value is -0.380. The van der Waals surface area contributed by atoms with E-state index >= 15 is 0 Å². The lowest BCUT2D eigenvalue weighted by Gasteiger charge is -2.14. The minimum Gasteiger partial charge on any atom is -0.290 e. The van der Waals surface area contributed by atoms with Gasteiger partial charge in [0.2, 0.25) is 0 Å². The van der Waals surface area contributed by atoms with E-state index in [-0.39, 0.29) is 11.3 Å². The van der Waals surface area contributed by atoms with Crippen LogP contribution in [0.3, 0.4) is 0 Å². The van der Waals surface area contributed by atoms with Gasteiger partial charge in [-0.15, -0.1) is 0 Å². The quantitative estimate of drug-likeness (QED) is 0.609. The topological polar surface area (TPSA) is 46.5 Å². The molecule has 1 saturated heterocycles. The molecule has 1 rings (SSSR count). The molecular weight excluding hydrogens is 174 g/mol. The van der Waals surface area contributed by atoms with E-state index in [9.17, 15) is 8.42 Å². The zero-order chi connectivity index (χ0) is 9.24. The van der Waals surface area contributed by atoms with E-state index in [0.29, 0.717) is 12.2 Å². The molecular formula is C8H15NO2S. The van der Waals surface area contributed by atoms with Crippen LogP contribution in [0.1, 0.15) is 26.7 Å². The highest BCUT2D eigenvalue weighted by atomic mass is 32.2. The van der Waals surface area contributed by atoms with Gasteiger partial charge in [-0.05, 0) is 26.0 Å². The summed E-state index contributed by atoms with van der Waals surface area (Å²) in [6, 6.07) is 0. The molecule has 1 fully saturated rings. The van der Waals surface area contributed by atoms with Crippen molar-refractivity contribution in [2.45, 2.75) is 32.2 Å². The Morgan fingerprint density at radius 1 is 1.58 bits per heavy atom. The highest BCUT2D eigenvalue weighted by molar-refractivity contribution is 7.91. The zero-order valence-electron chi connectivity index (χ0n) is 7.58. The Balaban J connectivity index is 2.71. The van der Waals surface area contributed by atoms with Crippen LogP contribution >= 0.6 is 0 Å². The Kier molecular flexibility index (Phi) is 2.56. The van der Waals surface area contributed by atoms with Crippen LogP contribution in [0.4, 0.5) is 0 Å². The summed E-state index contributed by atoms with van der Waals surface area (Å²) in [5.41, 5.74) is -0.338. The fraction of sp³-hybridized carbons (Fsp3) is 0.875. The molecule has 1 heterocycles. The summed E-state index contributed by atoms with van der Waals surface area (Å²) in [6.45, 7) is 3.90. The highest BCUT2D eigenvalue weighted by Gasteiger charge is 2.37. The first-order valence-electron chi connectivity index (χ1n) is 4.21. The normalized spacial score (nSPS) is 34.5. The lowest BCUT2D eigenvalue weighted by molar-refractivity contribution is 0.535. The first kappa shape index (κ1) is 9.71. The number of hydrogen-bond acceptors (Lipinski definition) is 3. The van der Waals surface area contributed by atoms with E-state index in [1.165, 1.54) is 0 Å². The standard InChI is InChI=1S/C8H15NO2S/c1-3-5-9-8(2)4-6-12(10,11)7-8/h5H,3-4,6-7H2,1-2H3. The molecule has 0 bridgehead atoms. The molecule has 3 nitrogen and oxygen atoms in total. The molecule has 4 heteroatoms. The van der Waals surface area contributed by atoms with Crippen LogP contribution in [0.15, 0.2) is 4.99 Å². The van der Waals surface area contributed by atoms with Crippen molar-refractivity contribution in [3.8, 4) is 0 Å². The molecule has 0 spiro atoms. The third-order valence-electron chi connectivity index (χ3n) is 2.07. The average molecular weight is 189 g/mol. The van der Waals surface area contributed by atoms with Gasteiger partial charge in [-0.25, -0.2) is 8.42 Å². The van der Waals surface area contributed by atoms with Crippen molar-refractivity contribution in [3.63, 3.8) is 0 Å². The van der Waals surface area contributed by atoms with Crippen molar-refractivity contribution in [3.05, 3.63) is 0 Å². The van der Waals surface area contributed by atoms with Crippen molar-refractivity contribution < 1.29 is 8.42 Å². The molecule has 1 unspecified atom stereocenters. The van der Waals surface area contributed by atoms with Crippen LogP contribution in [-0.4, -0.2) is 31.7 Å². The fourth-order valence-electron chi connectivity index (χ4n) is 1.41. The third kappa shape index (κ3) is 2.30. The van der Waals surface area contributed by atoms with Crippen LogP contribution in [0, 0.1) is 0 Å². The number of sulfone groups is 1. The van der Waals surface area contributed by atoms with Gasteiger partial charge in [-0.3, -0.25) is 4.99 Å². The highest BCUT2D eigenvalue weighted by Crippen LogP contribution is 2.26. The SMILES string of the molecule is CCC=NC1(C)CCS(=O)(=O)C1. The van der Waals surface area contributed by atoms with Crippen molar-refractivity contribution in [1.29, 1.82) is 0 Å². The summed E-state index contributed by atoms with van der Waals surface area (Å²) in [6.07, 6.45) is 3.35. The Morgan fingerprint density at radius 2 is 2.25 bits per heavy atom. The molecule has 1 aliphatic heterocycles. The number of aliphatic imine (C=N–C) groups is 1. The van der Waals surface area contributed by atoms with E-state index < -0.39 is 9.84 Å². The Labute approximate surface area is 73.8 Å². The van der Waals surface area contributed by atoms with E-state index in [1.807, 2.05) is 13.8 Å². The van der Waals surface area contributed by atoms with Gasteiger partial charge in [0.25, 0.3) is 0 Å². The lowest BCUT2D eigenvalue weighted by atomic mass is 10.0. The zero-order valence-corrected chi connectivity index (χ0v) is 8.39. The first-order chi connectivity index (χ1) is 5.47. The molecule has 0 aromatic rings. The van der Waals surface area contributed by atoms with E-state index in [2.05, 4.69) is 4.99 Å². The van der Waals surface area contributed by atoms with Gasteiger partial charge in [-0.2, -0.15) is 0 Å². The lowest BCUT2D eigenvalue weighted by Crippen LogP contribution is -2.23. The minimum absolute atomic E-state index is 0.219. The van der Waals surface area contributed by atoms with Crippen molar-refractivity contribution >= 4 is 16.1 Å². The van der Waals surface area contributed by atoms with Crippen LogP contribution in [0.25, 0.3) is 0 Å². The van der Waals surface area contributed by atoms with Gasteiger partial charge in [-0.1, -0.05) is 6.92 Å². The predicted octanol–water partition coefficient (Wildman–Crippen LogP) is 1.04. The Morgan fingerprint density at radius 3 is 2.67 bits per heavy atom. The maximum absolute atomic E-state index is 11.1. The van der Waals surface area contributed by atoms with E-state index in [0.717, 1.165) is 6.42 Å². The minimum atomic E-state index is -2.80. The van der Waals surface area contributed by atoms with Crippen LogP contribution < -0.4 is 0 Å². The summed E-state index contributed by atoms with van der Waals surface area (Å²) in [5.74, 6) is 0.515. The van der Waals surface area contributed by atoms with E-state index in [4.69, 9.17) is 0 Å². The second-order valence-electron chi connectivity index (χ2n) is 3.56. The molecule has 0 aromatic heterocycles. The largest absolute Gasteiger partial charge is 0.290 e. The van der Waals surface area contributed by atoms with Gasteiger partial charge in [0, 0.05) is 0 Å². The summed E-state index contributed by atoms with van der Waals surface area (Å²) < 4.78 is 22.3. The van der Waals surface area contributed by atoms with Gasteiger partial charge in [0.1, 0.15) is 0 Å². The molecule has 0 N–H and O–H groups in total. The van der Waals surface area contributed by atoms with Crippen molar-refractivity contribution in [2.75, 3.05) is 11.5 Å². The second-order valence-corrected chi connectivity index (χ2v) is 5.74. The average Bonchev–Trinajstić information content (AvgIpc) is 2.23. The first-order valence-corrected chi connectivity index (χ1v) is 6.04. The summed E-state index contributed by atoms with van der Waals surface area (Å²) >= 11 is 0. The summed E-state index contributed by atoms with van der Waals surface area (Å²) in [4.78, 5) is 4.27. The van der Waals surface area contributed by atoms with Gasteiger partial charge >= 0.3 is 0 Å². The molecule has 0 saturated carbocycles. The van der Waals surface area contributed by atoms with Gasteiger partial charge in [0.05, 0.1) is 17.0 Å². The smallest absolute Gasteiger partial charge is 0.152 e.